The molecule has 0 heterocycles. The molecule has 0 bridgehead atoms. The molecule has 0 unspecified atom stereocenters. The van der Waals surface area contributed by atoms with Gasteiger partial charge < -0.3 is 0 Å². The van der Waals surface area contributed by atoms with Crippen LogP contribution in [0.5, 0.6) is 0 Å². The fourth-order valence-corrected chi connectivity index (χ4v) is 3.19. The van der Waals surface area contributed by atoms with E-state index in [1.807, 2.05) is 0 Å². The van der Waals surface area contributed by atoms with Crippen molar-refractivity contribution in [3.63, 3.8) is 0 Å². The van der Waals surface area contributed by atoms with Crippen molar-refractivity contribution in [2.75, 3.05) is 0 Å². The molecule has 110 valence electrons. The maximum absolute atomic E-state index is 11.2. The van der Waals surface area contributed by atoms with E-state index in [9.17, 15) is 10.1 Å². The molecule has 2 aromatic rings. The van der Waals surface area contributed by atoms with Crippen LogP contribution in [0, 0.1) is 17.0 Å². The Morgan fingerprint density at radius 1 is 0.905 bits per heavy atom. The molecule has 2 rings (SSSR count). The van der Waals surface area contributed by atoms with E-state index in [0.717, 1.165) is 5.56 Å². The third kappa shape index (κ3) is 2.94. The Kier molecular flexibility index (Phi) is 4.91. The Labute approximate surface area is 145 Å². The van der Waals surface area contributed by atoms with Gasteiger partial charge in [-0.15, -0.1) is 0 Å². The van der Waals surface area contributed by atoms with E-state index in [4.69, 9.17) is 58.0 Å². The van der Waals surface area contributed by atoms with Crippen molar-refractivity contribution < 1.29 is 4.92 Å². The van der Waals surface area contributed by atoms with Crippen LogP contribution in [0.15, 0.2) is 18.2 Å². The summed E-state index contributed by atoms with van der Waals surface area (Å²) >= 11 is 30.2. The molecular formula is C13H6Cl5NO2. The number of aryl methyl sites for hydroxylation is 1. The highest BCUT2D eigenvalue weighted by molar-refractivity contribution is 6.56. The average Bonchev–Trinajstić information content (AvgIpc) is 2.44. The monoisotopic (exact) mass is 383 g/mol. The smallest absolute Gasteiger partial charge is 0.258 e. The van der Waals surface area contributed by atoms with Crippen molar-refractivity contribution in [3.8, 4) is 11.1 Å². The molecular weight excluding hydrogens is 379 g/mol. The summed E-state index contributed by atoms with van der Waals surface area (Å²) in [6.45, 7) is 1.74. The standard InChI is InChI=1S/C13H6Cl5NO2/c1-5-2-3-6(7(4-5)19(20)21)8-9(14)11(16)13(18)12(17)10(8)15/h2-4H,1H3. The van der Waals surface area contributed by atoms with Gasteiger partial charge in [-0.25, -0.2) is 0 Å². The highest BCUT2D eigenvalue weighted by Crippen LogP contribution is 2.49. The second-order valence-corrected chi connectivity index (χ2v) is 6.11. The molecule has 3 nitrogen and oxygen atoms in total. The molecule has 0 amide bonds. The minimum Gasteiger partial charge on any atom is -0.258 e. The van der Waals surface area contributed by atoms with E-state index >= 15 is 0 Å². The first-order valence-corrected chi connectivity index (χ1v) is 7.41. The average molecular weight is 385 g/mol. The predicted octanol–water partition coefficient (Wildman–Crippen LogP) is 6.84. The van der Waals surface area contributed by atoms with Gasteiger partial charge in [0.05, 0.1) is 35.6 Å². The highest BCUT2D eigenvalue weighted by atomic mass is 35.5. The summed E-state index contributed by atoms with van der Waals surface area (Å²) in [5.74, 6) is 0. The number of benzene rings is 2. The van der Waals surface area contributed by atoms with Gasteiger partial charge in [-0.3, -0.25) is 10.1 Å². The third-order valence-electron chi connectivity index (χ3n) is 2.83. The van der Waals surface area contributed by atoms with Gasteiger partial charge in [-0.1, -0.05) is 64.1 Å². The lowest BCUT2D eigenvalue weighted by molar-refractivity contribution is -0.384. The molecule has 0 aliphatic carbocycles. The Morgan fingerprint density at radius 2 is 1.38 bits per heavy atom. The van der Waals surface area contributed by atoms with Gasteiger partial charge in [0.2, 0.25) is 0 Å². The number of hydrogen-bond acceptors (Lipinski definition) is 2. The fourth-order valence-electron chi connectivity index (χ4n) is 1.85. The normalized spacial score (nSPS) is 10.8. The fraction of sp³-hybridized carbons (Fsp3) is 0.0769. The lowest BCUT2D eigenvalue weighted by Gasteiger charge is -2.13. The largest absolute Gasteiger partial charge is 0.277 e. The molecule has 0 N–H and O–H groups in total. The third-order valence-corrected chi connectivity index (χ3v) is 5.11. The predicted molar refractivity (Wildman–Crippen MR) is 88.3 cm³/mol. The molecule has 0 aliphatic heterocycles. The summed E-state index contributed by atoms with van der Waals surface area (Å²) in [5.41, 5.74) is 0.989. The summed E-state index contributed by atoms with van der Waals surface area (Å²) in [6.07, 6.45) is 0. The Balaban J connectivity index is 2.89. The summed E-state index contributed by atoms with van der Waals surface area (Å²) in [6, 6.07) is 4.66. The molecule has 0 spiro atoms. The molecule has 0 saturated heterocycles. The lowest BCUT2D eigenvalue weighted by atomic mass is 10.0. The van der Waals surface area contributed by atoms with Gasteiger partial charge in [-0.05, 0) is 18.6 Å². The quantitative estimate of drug-likeness (QED) is 0.246. The number of halogens is 5. The number of rotatable bonds is 2. The molecule has 2 aromatic carbocycles. The van der Waals surface area contributed by atoms with Crippen LogP contribution in [0.1, 0.15) is 5.56 Å². The van der Waals surface area contributed by atoms with Crippen LogP contribution in [0.25, 0.3) is 11.1 Å². The first kappa shape index (κ1) is 16.7. The van der Waals surface area contributed by atoms with Crippen molar-refractivity contribution in [2.45, 2.75) is 6.92 Å². The van der Waals surface area contributed by atoms with Crippen LogP contribution in [-0.2, 0) is 0 Å². The van der Waals surface area contributed by atoms with E-state index in [0.29, 0.717) is 0 Å². The van der Waals surface area contributed by atoms with E-state index in [-0.39, 0.29) is 41.9 Å². The van der Waals surface area contributed by atoms with E-state index in [2.05, 4.69) is 0 Å². The van der Waals surface area contributed by atoms with Gasteiger partial charge in [0, 0.05) is 11.6 Å². The molecule has 0 atom stereocenters. The molecule has 0 aliphatic rings. The minimum absolute atomic E-state index is 0.00222. The summed E-state index contributed by atoms with van der Waals surface area (Å²) in [7, 11) is 0. The molecule has 8 heteroatoms. The second kappa shape index (κ2) is 6.19. The van der Waals surface area contributed by atoms with Crippen LogP contribution in [0.4, 0.5) is 5.69 Å². The van der Waals surface area contributed by atoms with Gasteiger partial charge in [-0.2, -0.15) is 0 Å². The minimum atomic E-state index is -0.522. The zero-order chi connectivity index (χ0) is 15.9. The number of nitro groups is 1. The maximum Gasteiger partial charge on any atom is 0.277 e. The van der Waals surface area contributed by atoms with Crippen LogP contribution >= 0.6 is 58.0 Å². The first-order valence-electron chi connectivity index (χ1n) is 5.52. The van der Waals surface area contributed by atoms with Crippen LogP contribution in [0.3, 0.4) is 0 Å². The van der Waals surface area contributed by atoms with Gasteiger partial charge >= 0.3 is 0 Å². The first-order chi connectivity index (χ1) is 9.75. The molecule has 21 heavy (non-hydrogen) atoms. The second-order valence-electron chi connectivity index (χ2n) is 4.22. The maximum atomic E-state index is 11.2. The topological polar surface area (TPSA) is 43.1 Å². The SMILES string of the molecule is Cc1ccc(-c2c(Cl)c(Cl)c(Cl)c(Cl)c2Cl)c([N+](=O)[O-])c1. The Morgan fingerprint density at radius 3 is 1.86 bits per heavy atom. The zero-order valence-corrected chi connectivity index (χ0v) is 14.2. The number of nitro benzene ring substituents is 1. The Hall–Kier alpha value is -0.710. The van der Waals surface area contributed by atoms with Crippen molar-refractivity contribution in [1.82, 2.24) is 0 Å². The van der Waals surface area contributed by atoms with Crippen LogP contribution in [0.2, 0.25) is 25.1 Å². The van der Waals surface area contributed by atoms with E-state index < -0.39 is 4.92 Å². The zero-order valence-electron chi connectivity index (χ0n) is 10.4. The van der Waals surface area contributed by atoms with Gasteiger partial charge in [0.15, 0.2) is 0 Å². The van der Waals surface area contributed by atoms with Crippen molar-refractivity contribution >= 4 is 63.7 Å². The van der Waals surface area contributed by atoms with Gasteiger partial charge in [0.1, 0.15) is 0 Å². The van der Waals surface area contributed by atoms with Crippen LogP contribution in [-0.4, -0.2) is 4.92 Å². The van der Waals surface area contributed by atoms with Gasteiger partial charge in [0.25, 0.3) is 5.69 Å². The summed E-state index contributed by atoms with van der Waals surface area (Å²) < 4.78 is 0. The van der Waals surface area contributed by atoms with E-state index in [1.165, 1.54) is 6.07 Å². The molecule has 0 fully saturated rings. The van der Waals surface area contributed by atoms with Crippen molar-refractivity contribution in [2.24, 2.45) is 0 Å². The number of hydrogen-bond donors (Lipinski definition) is 0. The lowest BCUT2D eigenvalue weighted by Crippen LogP contribution is -1.95. The van der Waals surface area contributed by atoms with Crippen molar-refractivity contribution in [3.05, 3.63) is 59.0 Å². The molecule has 0 radical (unpaired) electrons. The summed E-state index contributed by atoms with van der Waals surface area (Å²) in [5, 5.41) is 11.3. The molecule has 0 aromatic heterocycles. The molecule has 0 saturated carbocycles. The van der Waals surface area contributed by atoms with Crippen molar-refractivity contribution in [1.29, 1.82) is 0 Å². The highest BCUT2D eigenvalue weighted by Gasteiger charge is 2.25. The van der Waals surface area contributed by atoms with E-state index in [1.54, 1.807) is 19.1 Å². The summed E-state index contributed by atoms with van der Waals surface area (Å²) in [4.78, 5) is 10.7. The Bertz CT molecular complexity index is 732. The number of nitrogens with zero attached hydrogens (tertiary/aromatic N) is 1. The van der Waals surface area contributed by atoms with Crippen LogP contribution < -0.4 is 0 Å².